The van der Waals surface area contributed by atoms with E-state index in [9.17, 15) is 9.18 Å². The lowest BCUT2D eigenvalue weighted by molar-refractivity contribution is 0.0951. The molecule has 1 aromatic heterocycles. The van der Waals surface area contributed by atoms with Crippen LogP contribution in [0.5, 0.6) is 0 Å². The Morgan fingerprint density at radius 1 is 1.28 bits per heavy atom. The van der Waals surface area contributed by atoms with E-state index in [1.165, 1.54) is 18.3 Å². The van der Waals surface area contributed by atoms with Crippen LogP contribution in [0.1, 0.15) is 32.9 Å². The first-order valence-electron chi connectivity index (χ1n) is 8.49. The average molecular weight is 474 g/mol. The fourth-order valence-electron chi connectivity index (χ4n) is 2.93. The summed E-state index contributed by atoms with van der Waals surface area (Å²) in [5, 5.41) is 13.3. The molecule has 0 bridgehead atoms. The van der Waals surface area contributed by atoms with Gasteiger partial charge in [0.1, 0.15) is 5.82 Å². The van der Waals surface area contributed by atoms with Crippen LogP contribution in [-0.2, 0) is 0 Å². The van der Waals surface area contributed by atoms with Gasteiger partial charge in [-0.05, 0) is 72.2 Å². The lowest BCUT2D eigenvalue weighted by atomic mass is 10.1. The molecule has 0 radical (unpaired) electrons. The minimum absolute atomic E-state index is 0.142. The number of rotatable bonds is 4. The summed E-state index contributed by atoms with van der Waals surface area (Å²) in [5.41, 5.74) is 5.83. The number of nitrogens with zero attached hydrogens (tertiary/aromatic N) is 3. The molecule has 0 saturated carbocycles. The first-order chi connectivity index (χ1) is 13.8. The molecule has 0 spiro atoms. The predicted molar refractivity (Wildman–Crippen MR) is 114 cm³/mol. The number of nitriles is 1. The van der Waals surface area contributed by atoms with E-state index in [0.29, 0.717) is 5.02 Å². The van der Waals surface area contributed by atoms with Crippen LogP contribution in [0.4, 0.5) is 4.39 Å². The second-order valence-electron chi connectivity index (χ2n) is 6.27. The first-order valence-corrected chi connectivity index (χ1v) is 9.66. The third kappa shape index (κ3) is 4.39. The third-order valence-corrected chi connectivity index (χ3v) is 5.58. The molecule has 0 aliphatic rings. The maximum atomic E-state index is 13.9. The van der Waals surface area contributed by atoms with Crippen molar-refractivity contribution in [2.45, 2.75) is 13.8 Å². The van der Waals surface area contributed by atoms with Gasteiger partial charge in [0.15, 0.2) is 0 Å². The number of amides is 1. The highest BCUT2D eigenvalue weighted by Gasteiger charge is 2.13. The molecule has 0 aliphatic heterocycles. The number of benzene rings is 2. The van der Waals surface area contributed by atoms with Crippen molar-refractivity contribution in [1.29, 1.82) is 5.26 Å². The first kappa shape index (κ1) is 20.8. The fraction of sp³-hybridized carbons (Fsp3) is 0.0952. The van der Waals surface area contributed by atoms with Gasteiger partial charge in [-0.3, -0.25) is 4.79 Å². The van der Waals surface area contributed by atoms with Crippen LogP contribution in [0.25, 0.3) is 5.69 Å². The molecule has 0 saturated heterocycles. The van der Waals surface area contributed by atoms with Gasteiger partial charge in [-0.1, -0.05) is 11.6 Å². The van der Waals surface area contributed by atoms with Crippen molar-refractivity contribution in [2.24, 2.45) is 5.10 Å². The summed E-state index contributed by atoms with van der Waals surface area (Å²) in [5.74, 6) is -1.47. The molecule has 1 amide bonds. The summed E-state index contributed by atoms with van der Waals surface area (Å²) in [6.45, 7) is 3.87. The smallest absolute Gasteiger partial charge is 0.274 e. The lowest BCUT2D eigenvalue weighted by Gasteiger charge is -2.10. The Hall–Kier alpha value is -2.95. The normalized spacial score (nSPS) is 10.9. The minimum atomic E-state index is -0.776. The molecule has 29 heavy (non-hydrogen) atoms. The molecular formula is C21H15BrClFN4O. The Balaban J connectivity index is 1.80. The van der Waals surface area contributed by atoms with Gasteiger partial charge in [0.2, 0.25) is 0 Å². The van der Waals surface area contributed by atoms with E-state index >= 15 is 0 Å². The van der Waals surface area contributed by atoms with E-state index in [1.54, 1.807) is 0 Å². The number of halogens is 3. The number of nitrogens with one attached hydrogen (secondary N) is 1. The summed E-state index contributed by atoms with van der Waals surface area (Å²) in [6, 6.07) is 13.0. The largest absolute Gasteiger partial charge is 0.318 e. The summed E-state index contributed by atoms with van der Waals surface area (Å²) in [7, 11) is 0. The quantitative estimate of drug-likeness (QED) is 0.413. The molecule has 1 N–H and O–H groups in total. The van der Waals surface area contributed by atoms with Crippen molar-refractivity contribution in [3.63, 3.8) is 0 Å². The van der Waals surface area contributed by atoms with Crippen LogP contribution < -0.4 is 5.43 Å². The van der Waals surface area contributed by atoms with Crippen molar-refractivity contribution >= 4 is 39.7 Å². The van der Waals surface area contributed by atoms with Crippen LogP contribution in [0.15, 0.2) is 52.0 Å². The highest BCUT2D eigenvalue weighted by Crippen LogP contribution is 2.27. The van der Waals surface area contributed by atoms with E-state index in [0.717, 1.165) is 33.2 Å². The van der Waals surface area contributed by atoms with Gasteiger partial charge in [-0.25, -0.2) is 9.82 Å². The zero-order chi connectivity index (χ0) is 21.1. The SMILES string of the molecule is Cc1cc(/C=N\NC(=O)c2ccc(C#N)cc2F)c(C)n1-c1ccc(Br)c(Cl)c1. The highest BCUT2D eigenvalue weighted by molar-refractivity contribution is 9.10. The number of carbonyl (C=O) groups excluding carboxylic acids is 1. The molecule has 2 aromatic carbocycles. The number of hydrogen-bond acceptors (Lipinski definition) is 3. The van der Waals surface area contributed by atoms with Crippen LogP contribution in [-0.4, -0.2) is 16.7 Å². The summed E-state index contributed by atoms with van der Waals surface area (Å²) < 4.78 is 16.8. The minimum Gasteiger partial charge on any atom is -0.318 e. The van der Waals surface area contributed by atoms with Gasteiger partial charge in [-0.2, -0.15) is 10.4 Å². The van der Waals surface area contributed by atoms with E-state index in [4.69, 9.17) is 16.9 Å². The molecule has 5 nitrogen and oxygen atoms in total. The molecule has 3 rings (SSSR count). The number of hydrazone groups is 1. The second kappa shape index (κ2) is 8.60. The van der Waals surface area contributed by atoms with Crippen LogP contribution in [0, 0.1) is 31.0 Å². The summed E-state index contributed by atoms with van der Waals surface area (Å²) in [6.07, 6.45) is 1.50. The van der Waals surface area contributed by atoms with E-state index in [-0.39, 0.29) is 11.1 Å². The van der Waals surface area contributed by atoms with Gasteiger partial charge >= 0.3 is 0 Å². The number of aryl methyl sites for hydroxylation is 1. The molecule has 1 heterocycles. The standard InChI is InChI=1S/C21H15BrClFN4O/c1-12-7-15(13(2)28(12)16-4-6-18(22)19(23)9-16)11-26-27-21(29)17-5-3-14(10-25)8-20(17)24/h3-9,11H,1-2H3,(H,27,29)/b26-11-. The Labute approximate surface area is 180 Å². The topological polar surface area (TPSA) is 70.2 Å². The predicted octanol–water partition coefficient (Wildman–Crippen LogP) is 5.28. The summed E-state index contributed by atoms with van der Waals surface area (Å²) in [4.78, 5) is 12.1. The fourth-order valence-corrected chi connectivity index (χ4v) is 3.35. The van der Waals surface area contributed by atoms with Gasteiger partial charge in [0.05, 0.1) is 28.4 Å². The van der Waals surface area contributed by atoms with Crippen LogP contribution in [0.2, 0.25) is 5.02 Å². The van der Waals surface area contributed by atoms with Crippen molar-refractivity contribution in [3.05, 3.63) is 85.9 Å². The molecule has 0 unspecified atom stereocenters. The number of aromatic nitrogens is 1. The van der Waals surface area contributed by atoms with E-state index < -0.39 is 11.7 Å². The molecule has 3 aromatic rings. The van der Waals surface area contributed by atoms with E-state index in [2.05, 4.69) is 26.5 Å². The van der Waals surface area contributed by atoms with Crippen molar-refractivity contribution in [3.8, 4) is 11.8 Å². The van der Waals surface area contributed by atoms with Crippen molar-refractivity contribution < 1.29 is 9.18 Å². The van der Waals surface area contributed by atoms with E-state index in [1.807, 2.05) is 48.7 Å². The van der Waals surface area contributed by atoms with Gasteiger partial charge in [0.25, 0.3) is 5.91 Å². The molecular weight excluding hydrogens is 459 g/mol. The zero-order valence-corrected chi connectivity index (χ0v) is 17.8. The van der Waals surface area contributed by atoms with Gasteiger partial charge in [0, 0.05) is 27.1 Å². The molecule has 146 valence electrons. The third-order valence-electron chi connectivity index (χ3n) is 4.34. The molecule has 8 heteroatoms. The maximum absolute atomic E-state index is 13.9. The Kier molecular flexibility index (Phi) is 6.16. The molecule has 0 atom stereocenters. The number of hydrogen-bond donors (Lipinski definition) is 1. The average Bonchev–Trinajstić information content (AvgIpc) is 2.97. The maximum Gasteiger partial charge on any atom is 0.274 e. The number of carbonyl (C=O) groups is 1. The summed E-state index contributed by atoms with van der Waals surface area (Å²) >= 11 is 9.58. The van der Waals surface area contributed by atoms with Gasteiger partial charge in [-0.15, -0.1) is 0 Å². The lowest BCUT2D eigenvalue weighted by Crippen LogP contribution is -2.19. The van der Waals surface area contributed by atoms with Crippen LogP contribution >= 0.6 is 27.5 Å². The highest BCUT2D eigenvalue weighted by atomic mass is 79.9. The zero-order valence-electron chi connectivity index (χ0n) is 15.5. The van der Waals surface area contributed by atoms with Crippen LogP contribution in [0.3, 0.4) is 0 Å². The van der Waals surface area contributed by atoms with Crippen molar-refractivity contribution in [2.75, 3.05) is 0 Å². The Morgan fingerprint density at radius 2 is 2.03 bits per heavy atom. The second-order valence-corrected chi connectivity index (χ2v) is 7.53. The van der Waals surface area contributed by atoms with Gasteiger partial charge < -0.3 is 4.57 Å². The Morgan fingerprint density at radius 3 is 2.69 bits per heavy atom. The monoisotopic (exact) mass is 472 g/mol. The molecule has 0 fully saturated rings. The Bertz CT molecular complexity index is 1180. The van der Waals surface area contributed by atoms with Crippen molar-refractivity contribution in [1.82, 2.24) is 9.99 Å². The molecule has 0 aliphatic carbocycles.